The minimum atomic E-state index is -0.879. The van der Waals surface area contributed by atoms with Gasteiger partial charge in [0.1, 0.15) is 0 Å². The maximum atomic E-state index is 10.2. The van der Waals surface area contributed by atoms with Crippen LogP contribution >= 0.6 is 0 Å². The molecule has 112 valence electrons. The number of hydrogen-bond acceptors (Lipinski definition) is 2. The predicted molar refractivity (Wildman–Crippen MR) is 87.7 cm³/mol. The number of hydrogen-bond donors (Lipinski definition) is 2. The van der Waals surface area contributed by atoms with Gasteiger partial charge in [-0.3, -0.25) is 5.32 Å². The van der Waals surface area contributed by atoms with Crippen molar-refractivity contribution in [1.29, 1.82) is 0 Å². The number of benzene rings is 2. The number of carboxylic acid groups (broad SMARTS) is 1. The van der Waals surface area contributed by atoms with Crippen molar-refractivity contribution in [3.05, 3.63) is 71.3 Å². The van der Waals surface area contributed by atoms with Crippen molar-refractivity contribution in [3.8, 4) is 12.3 Å². The molecule has 2 N–H and O–H groups in total. The fourth-order valence-corrected chi connectivity index (χ4v) is 2.53. The molecule has 1 atom stereocenters. The molecule has 1 aliphatic carbocycles. The normalized spacial score (nSPS) is 15.1. The molecule has 2 aromatic rings. The maximum Gasteiger partial charge on any atom is 0.335 e. The van der Waals surface area contributed by atoms with Gasteiger partial charge in [-0.1, -0.05) is 48.4 Å². The Morgan fingerprint density at radius 3 is 2.50 bits per heavy atom. The molecule has 0 amide bonds. The standard InChI is InChI=1S/C12H13N.C7H6O2/c1-2-9-13-12-8-7-10-5-3-4-6-11(10)12;8-7(9)6-4-2-1-3-5-6/h1,3-6,12-13H,7-9H2;1-5H,(H,8,9)/t12-;/m1./s1. The van der Waals surface area contributed by atoms with Gasteiger partial charge in [-0.15, -0.1) is 6.42 Å². The minimum absolute atomic E-state index is 0.331. The zero-order chi connectivity index (χ0) is 15.8. The Labute approximate surface area is 131 Å². The molecule has 0 unspecified atom stereocenters. The Hall–Kier alpha value is -2.57. The van der Waals surface area contributed by atoms with Gasteiger partial charge in [0.05, 0.1) is 12.1 Å². The number of fused-ring (bicyclic) bond motifs is 1. The number of aryl methyl sites for hydroxylation is 1. The first kappa shape index (κ1) is 15.8. The van der Waals surface area contributed by atoms with Gasteiger partial charge >= 0.3 is 5.97 Å². The molecule has 3 nitrogen and oxygen atoms in total. The van der Waals surface area contributed by atoms with E-state index in [1.165, 1.54) is 24.0 Å². The van der Waals surface area contributed by atoms with Crippen LogP contribution in [-0.4, -0.2) is 17.6 Å². The zero-order valence-corrected chi connectivity index (χ0v) is 12.3. The Morgan fingerprint density at radius 1 is 1.18 bits per heavy atom. The summed E-state index contributed by atoms with van der Waals surface area (Å²) in [6, 6.07) is 17.4. The second kappa shape index (κ2) is 8.02. The summed E-state index contributed by atoms with van der Waals surface area (Å²) >= 11 is 0. The molecule has 0 aliphatic heterocycles. The molecular weight excluding hydrogens is 274 g/mol. The smallest absolute Gasteiger partial charge is 0.335 e. The summed E-state index contributed by atoms with van der Waals surface area (Å²) in [6.07, 6.45) is 7.57. The average molecular weight is 293 g/mol. The van der Waals surface area contributed by atoms with Gasteiger partial charge in [0.2, 0.25) is 0 Å². The quantitative estimate of drug-likeness (QED) is 0.854. The molecule has 0 fully saturated rings. The van der Waals surface area contributed by atoms with Gasteiger partial charge in [-0.05, 0) is 36.1 Å². The zero-order valence-electron chi connectivity index (χ0n) is 12.3. The van der Waals surface area contributed by atoms with E-state index < -0.39 is 5.97 Å². The topological polar surface area (TPSA) is 49.3 Å². The van der Waals surface area contributed by atoms with Crippen LogP contribution in [-0.2, 0) is 6.42 Å². The van der Waals surface area contributed by atoms with Crippen molar-refractivity contribution < 1.29 is 9.90 Å². The van der Waals surface area contributed by atoms with E-state index in [1.54, 1.807) is 30.3 Å². The van der Waals surface area contributed by atoms with E-state index in [9.17, 15) is 4.79 Å². The first-order valence-corrected chi connectivity index (χ1v) is 7.25. The molecular formula is C19H19NO2. The highest BCUT2D eigenvalue weighted by atomic mass is 16.4. The van der Waals surface area contributed by atoms with Crippen LogP contribution in [0, 0.1) is 12.3 Å². The number of carboxylic acids is 1. The number of aromatic carboxylic acids is 1. The molecule has 0 heterocycles. The molecule has 0 saturated heterocycles. The van der Waals surface area contributed by atoms with Crippen molar-refractivity contribution in [3.63, 3.8) is 0 Å². The van der Waals surface area contributed by atoms with E-state index in [2.05, 4.69) is 35.5 Å². The van der Waals surface area contributed by atoms with E-state index in [1.807, 2.05) is 0 Å². The van der Waals surface area contributed by atoms with E-state index >= 15 is 0 Å². The highest BCUT2D eigenvalue weighted by Gasteiger charge is 2.20. The van der Waals surface area contributed by atoms with Crippen LogP contribution in [0.4, 0.5) is 0 Å². The van der Waals surface area contributed by atoms with Gasteiger partial charge in [0.15, 0.2) is 0 Å². The largest absolute Gasteiger partial charge is 0.478 e. The lowest BCUT2D eigenvalue weighted by Crippen LogP contribution is -2.19. The molecule has 1 aliphatic rings. The summed E-state index contributed by atoms with van der Waals surface area (Å²) in [6.45, 7) is 0.666. The van der Waals surface area contributed by atoms with Gasteiger partial charge < -0.3 is 5.11 Å². The van der Waals surface area contributed by atoms with Crippen LogP contribution in [0.3, 0.4) is 0 Å². The third-order valence-electron chi connectivity index (χ3n) is 3.60. The highest BCUT2D eigenvalue weighted by molar-refractivity contribution is 5.87. The van der Waals surface area contributed by atoms with E-state index in [0.29, 0.717) is 18.2 Å². The number of carbonyl (C=O) groups is 1. The van der Waals surface area contributed by atoms with Crippen molar-refractivity contribution in [2.75, 3.05) is 6.54 Å². The summed E-state index contributed by atoms with van der Waals surface area (Å²) in [5.41, 5.74) is 3.23. The minimum Gasteiger partial charge on any atom is -0.478 e. The summed E-state index contributed by atoms with van der Waals surface area (Å²) in [4.78, 5) is 10.2. The molecule has 2 aromatic carbocycles. The molecule has 0 radical (unpaired) electrons. The van der Waals surface area contributed by atoms with E-state index in [0.717, 1.165) is 0 Å². The van der Waals surface area contributed by atoms with Gasteiger partial charge in [0, 0.05) is 6.04 Å². The van der Waals surface area contributed by atoms with Crippen molar-refractivity contribution >= 4 is 5.97 Å². The lowest BCUT2D eigenvalue weighted by Gasteiger charge is -2.10. The predicted octanol–water partition coefficient (Wildman–Crippen LogP) is 3.28. The van der Waals surface area contributed by atoms with Crippen LogP contribution in [0.5, 0.6) is 0 Å². The molecule has 3 rings (SSSR count). The van der Waals surface area contributed by atoms with Crippen molar-refractivity contribution in [2.45, 2.75) is 18.9 Å². The first-order chi connectivity index (χ1) is 10.7. The van der Waals surface area contributed by atoms with Gasteiger partial charge in [0.25, 0.3) is 0 Å². The first-order valence-electron chi connectivity index (χ1n) is 7.25. The van der Waals surface area contributed by atoms with Gasteiger partial charge in [-0.2, -0.15) is 0 Å². The Bertz CT molecular complexity index is 659. The van der Waals surface area contributed by atoms with Crippen LogP contribution in [0.15, 0.2) is 54.6 Å². The Balaban J connectivity index is 0.000000172. The van der Waals surface area contributed by atoms with Gasteiger partial charge in [-0.25, -0.2) is 4.79 Å². The Morgan fingerprint density at radius 2 is 1.86 bits per heavy atom. The second-order valence-electron chi connectivity index (χ2n) is 5.05. The fourth-order valence-electron chi connectivity index (χ4n) is 2.53. The summed E-state index contributed by atoms with van der Waals surface area (Å²) < 4.78 is 0. The molecule has 3 heteroatoms. The third kappa shape index (κ3) is 4.21. The monoisotopic (exact) mass is 293 g/mol. The van der Waals surface area contributed by atoms with E-state index in [4.69, 9.17) is 11.5 Å². The SMILES string of the molecule is C#CCN[C@@H]1CCc2ccccc21.O=C(O)c1ccccc1. The van der Waals surface area contributed by atoms with Crippen LogP contribution in [0.2, 0.25) is 0 Å². The van der Waals surface area contributed by atoms with Crippen molar-refractivity contribution in [2.24, 2.45) is 0 Å². The number of nitrogens with one attached hydrogen (secondary N) is 1. The lowest BCUT2D eigenvalue weighted by molar-refractivity contribution is 0.0697. The van der Waals surface area contributed by atoms with Crippen LogP contribution < -0.4 is 5.32 Å². The fraction of sp³-hybridized carbons (Fsp3) is 0.211. The lowest BCUT2D eigenvalue weighted by atomic mass is 10.1. The second-order valence-corrected chi connectivity index (χ2v) is 5.05. The Kier molecular flexibility index (Phi) is 5.76. The average Bonchev–Trinajstić information content (AvgIpc) is 2.97. The molecule has 0 spiro atoms. The molecule has 0 aromatic heterocycles. The number of rotatable bonds is 3. The maximum absolute atomic E-state index is 10.2. The molecule has 22 heavy (non-hydrogen) atoms. The van der Waals surface area contributed by atoms with Crippen LogP contribution in [0.25, 0.3) is 0 Å². The number of terminal acetylenes is 1. The molecule has 0 bridgehead atoms. The highest BCUT2D eigenvalue weighted by Crippen LogP contribution is 2.30. The third-order valence-corrected chi connectivity index (χ3v) is 3.60. The van der Waals surface area contributed by atoms with Crippen molar-refractivity contribution in [1.82, 2.24) is 5.32 Å². The molecule has 0 saturated carbocycles. The summed E-state index contributed by atoms with van der Waals surface area (Å²) in [5.74, 6) is 1.74. The van der Waals surface area contributed by atoms with E-state index in [-0.39, 0.29) is 0 Å². The summed E-state index contributed by atoms with van der Waals surface area (Å²) in [7, 11) is 0. The summed E-state index contributed by atoms with van der Waals surface area (Å²) in [5, 5.41) is 11.7. The van der Waals surface area contributed by atoms with Crippen LogP contribution in [0.1, 0.15) is 33.9 Å².